The van der Waals surface area contributed by atoms with Crippen LogP contribution in [0.3, 0.4) is 0 Å². The Bertz CT molecular complexity index is 214. The number of hydrogen-bond donors (Lipinski definition) is 1. The van der Waals surface area contributed by atoms with Gasteiger partial charge in [0, 0.05) is 26.2 Å². The summed E-state index contributed by atoms with van der Waals surface area (Å²) in [6.07, 6.45) is 3.82. The first-order valence-corrected chi connectivity index (χ1v) is 7.54. The molecule has 18 heavy (non-hydrogen) atoms. The Kier molecular flexibility index (Phi) is 6.61. The molecule has 0 saturated carbocycles. The average Bonchev–Trinajstić information content (AvgIpc) is 2.29. The Balaban J connectivity index is 2.22. The van der Waals surface area contributed by atoms with Crippen LogP contribution < -0.4 is 5.73 Å². The van der Waals surface area contributed by atoms with Crippen LogP contribution >= 0.6 is 0 Å². The van der Waals surface area contributed by atoms with Crippen molar-refractivity contribution in [2.45, 2.75) is 40.0 Å². The molecule has 108 valence electrons. The van der Waals surface area contributed by atoms with Crippen LogP contribution in [0.2, 0.25) is 0 Å². The van der Waals surface area contributed by atoms with Crippen molar-refractivity contribution in [2.24, 2.45) is 17.1 Å². The molecule has 1 atom stereocenters. The maximum Gasteiger partial charge on any atom is 0.0110 e. The molecule has 1 unspecified atom stereocenters. The fourth-order valence-corrected chi connectivity index (χ4v) is 2.84. The van der Waals surface area contributed by atoms with Gasteiger partial charge in [0.25, 0.3) is 0 Å². The zero-order valence-electron chi connectivity index (χ0n) is 12.9. The molecule has 0 aromatic carbocycles. The Hall–Kier alpha value is -0.120. The summed E-state index contributed by atoms with van der Waals surface area (Å²) in [5.74, 6) is 0.773. The van der Waals surface area contributed by atoms with E-state index in [4.69, 9.17) is 5.73 Å². The van der Waals surface area contributed by atoms with E-state index in [2.05, 4.69) is 37.6 Å². The summed E-state index contributed by atoms with van der Waals surface area (Å²) >= 11 is 0. The predicted octanol–water partition coefficient (Wildman–Crippen LogP) is 2.03. The average molecular weight is 255 g/mol. The highest BCUT2D eigenvalue weighted by Gasteiger charge is 2.23. The summed E-state index contributed by atoms with van der Waals surface area (Å²) in [5, 5.41) is 0. The Morgan fingerprint density at radius 2 is 1.67 bits per heavy atom. The third kappa shape index (κ3) is 5.68. The van der Waals surface area contributed by atoms with Gasteiger partial charge in [-0.1, -0.05) is 20.8 Å². The van der Waals surface area contributed by atoms with Crippen LogP contribution in [-0.2, 0) is 0 Å². The number of likely N-dealkylation sites (N-methyl/N-ethyl adjacent to an activating group) is 1. The van der Waals surface area contributed by atoms with Crippen molar-refractivity contribution < 1.29 is 0 Å². The minimum Gasteiger partial charge on any atom is -0.330 e. The highest BCUT2D eigenvalue weighted by Crippen LogP contribution is 2.32. The molecule has 0 radical (unpaired) electrons. The van der Waals surface area contributed by atoms with Crippen molar-refractivity contribution in [3.63, 3.8) is 0 Å². The van der Waals surface area contributed by atoms with Crippen LogP contribution in [0.1, 0.15) is 40.0 Å². The van der Waals surface area contributed by atoms with E-state index < -0.39 is 0 Å². The second-order valence-electron chi connectivity index (χ2n) is 6.93. The maximum absolute atomic E-state index is 5.74. The van der Waals surface area contributed by atoms with Crippen LogP contribution in [0.25, 0.3) is 0 Å². The monoisotopic (exact) mass is 255 g/mol. The molecule has 0 bridgehead atoms. The van der Waals surface area contributed by atoms with E-state index >= 15 is 0 Å². The van der Waals surface area contributed by atoms with Crippen molar-refractivity contribution >= 4 is 0 Å². The molecule has 0 aliphatic carbocycles. The van der Waals surface area contributed by atoms with Gasteiger partial charge in [-0.25, -0.2) is 0 Å². The fourth-order valence-electron chi connectivity index (χ4n) is 2.84. The van der Waals surface area contributed by atoms with E-state index in [1.807, 2.05) is 0 Å². The molecule has 1 saturated heterocycles. The largest absolute Gasteiger partial charge is 0.330 e. The number of hydrogen-bond acceptors (Lipinski definition) is 3. The Morgan fingerprint density at radius 3 is 2.17 bits per heavy atom. The van der Waals surface area contributed by atoms with Gasteiger partial charge in [-0.3, -0.25) is 0 Å². The predicted molar refractivity (Wildman–Crippen MR) is 79.8 cm³/mol. The molecule has 1 aliphatic heterocycles. The third-order valence-electron chi connectivity index (χ3n) is 4.36. The van der Waals surface area contributed by atoms with Crippen LogP contribution in [0, 0.1) is 11.3 Å². The zero-order valence-corrected chi connectivity index (χ0v) is 12.9. The summed E-state index contributed by atoms with van der Waals surface area (Å²) < 4.78 is 0. The lowest BCUT2D eigenvalue weighted by Gasteiger charge is -2.34. The fraction of sp³-hybridized carbons (Fsp3) is 1.00. The van der Waals surface area contributed by atoms with Crippen molar-refractivity contribution in [1.29, 1.82) is 0 Å². The second-order valence-corrected chi connectivity index (χ2v) is 6.93. The van der Waals surface area contributed by atoms with Crippen molar-refractivity contribution in [3.8, 4) is 0 Å². The highest BCUT2D eigenvalue weighted by molar-refractivity contribution is 4.76. The summed E-state index contributed by atoms with van der Waals surface area (Å²) in [5.41, 5.74) is 6.14. The normalized spacial score (nSPS) is 21.2. The first kappa shape index (κ1) is 15.9. The molecule has 0 aromatic rings. The molecule has 1 heterocycles. The molecule has 3 nitrogen and oxygen atoms in total. The van der Waals surface area contributed by atoms with Crippen molar-refractivity contribution in [1.82, 2.24) is 9.80 Å². The summed E-state index contributed by atoms with van der Waals surface area (Å²) in [6.45, 7) is 14.1. The molecule has 0 aromatic heterocycles. The summed E-state index contributed by atoms with van der Waals surface area (Å²) in [4.78, 5) is 5.03. The van der Waals surface area contributed by atoms with E-state index in [0.717, 1.165) is 12.5 Å². The van der Waals surface area contributed by atoms with E-state index in [0.29, 0.717) is 5.41 Å². The van der Waals surface area contributed by atoms with Gasteiger partial charge in [-0.2, -0.15) is 0 Å². The number of piperazine rings is 1. The van der Waals surface area contributed by atoms with E-state index in [1.165, 1.54) is 52.0 Å². The van der Waals surface area contributed by atoms with E-state index in [9.17, 15) is 0 Å². The highest BCUT2D eigenvalue weighted by atomic mass is 15.2. The lowest BCUT2D eigenvalue weighted by molar-refractivity contribution is 0.142. The zero-order chi connectivity index (χ0) is 13.6. The standard InChI is InChI=1S/C15H33N3/c1-15(2,3)14(7-8-16)6-5-9-18-12-10-17(4)11-13-18/h14H,5-13,16H2,1-4H3. The molecule has 3 heteroatoms. The molecule has 1 rings (SSSR count). The van der Waals surface area contributed by atoms with Crippen molar-refractivity contribution in [3.05, 3.63) is 0 Å². The number of nitrogens with two attached hydrogens (primary N) is 1. The lowest BCUT2D eigenvalue weighted by Crippen LogP contribution is -2.44. The van der Waals surface area contributed by atoms with Crippen LogP contribution in [0.4, 0.5) is 0 Å². The number of rotatable bonds is 6. The van der Waals surface area contributed by atoms with E-state index in [-0.39, 0.29) is 0 Å². The summed E-state index contributed by atoms with van der Waals surface area (Å²) in [7, 11) is 2.22. The molecule has 2 N–H and O–H groups in total. The van der Waals surface area contributed by atoms with Gasteiger partial charge in [-0.15, -0.1) is 0 Å². The minimum absolute atomic E-state index is 0.404. The first-order chi connectivity index (χ1) is 8.43. The smallest absolute Gasteiger partial charge is 0.0110 e. The topological polar surface area (TPSA) is 32.5 Å². The van der Waals surface area contributed by atoms with Gasteiger partial charge in [0.15, 0.2) is 0 Å². The van der Waals surface area contributed by atoms with Gasteiger partial charge in [0.05, 0.1) is 0 Å². The molecule has 1 aliphatic rings. The van der Waals surface area contributed by atoms with Gasteiger partial charge < -0.3 is 15.5 Å². The van der Waals surface area contributed by atoms with Crippen molar-refractivity contribution in [2.75, 3.05) is 46.3 Å². The Labute approximate surface area is 114 Å². The number of nitrogens with zero attached hydrogens (tertiary/aromatic N) is 2. The Morgan fingerprint density at radius 1 is 1.06 bits per heavy atom. The van der Waals surface area contributed by atoms with E-state index in [1.54, 1.807) is 0 Å². The SMILES string of the molecule is CN1CCN(CCCC(CCN)C(C)(C)C)CC1. The molecular weight excluding hydrogens is 222 g/mol. The molecular formula is C15H33N3. The molecule has 0 amide bonds. The maximum atomic E-state index is 5.74. The lowest BCUT2D eigenvalue weighted by atomic mass is 9.76. The van der Waals surface area contributed by atoms with Gasteiger partial charge >= 0.3 is 0 Å². The van der Waals surface area contributed by atoms with Crippen LogP contribution in [0.15, 0.2) is 0 Å². The first-order valence-electron chi connectivity index (χ1n) is 7.54. The second kappa shape index (κ2) is 7.46. The van der Waals surface area contributed by atoms with Gasteiger partial charge in [-0.05, 0) is 50.7 Å². The molecule has 0 spiro atoms. The summed E-state index contributed by atoms with van der Waals surface area (Å²) in [6, 6.07) is 0. The third-order valence-corrected chi connectivity index (χ3v) is 4.36. The molecule has 1 fully saturated rings. The quantitative estimate of drug-likeness (QED) is 0.788. The van der Waals surface area contributed by atoms with Gasteiger partial charge in [0.1, 0.15) is 0 Å². The van der Waals surface area contributed by atoms with Gasteiger partial charge in [0.2, 0.25) is 0 Å². The minimum atomic E-state index is 0.404. The van der Waals surface area contributed by atoms with Crippen LogP contribution in [-0.4, -0.2) is 56.1 Å². The van der Waals surface area contributed by atoms with Crippen LogP contribution in [0.5, 0.6) is 0 Å².